The molecule has 1 amide bonds. The maximum atomic E-state index is 11.4. The number of amides is 1. The van der Waals surface area contributed by atoms with E-state index in [1.165, 1.54) is 19.1 Å². The molecule has 1 unspecified atom stereocenters. The average molecular weight is 386 g/mol. The summed E-state index contributed by atoms with van der Waals surface area (Å²) < 4.78 is 28.3. The summed E-state index contributed by atoms with van der Waals surface area (Å²) in [4.78, 5) is 23.3. The third-order valence-electron chi connectivity index (χ3n) is 4.10. The molecule has 1 aromatic rings. The second-order valence-corrected chi connectivity index (χ2v) is 7.57. The van der Waals surface area contributed by atoms with Gasteiger partial charge in [-0.25, -0.2) is 13.6 Å². The Morgan fingerprint density at radius 3 is 2.85 bits per heavy atom. The molecule has 1 saturated heterocycles. The van der Waals surface area contributed by atoms with Crippen LogP contribution in [0.15, 0.2) is 23.1 Å². The van der Waals surface area contributed by atoms with Gasteiger partial charge in [0.2, 0.25) is 15.9 Å². The molecule has 0 radical (unpaired) electrons. The third-order valence-corrected chi connectivity index (χ3v) is 5.01. The predicted octanol–water partition coefficient (Wildman–Crippen LogP) is 0.682. The highest BCUT2D eigenvalue weighted by Crippen LogP contribution is 2.27. The predicted molar refractivity (Wildman–Crippen MR) is 94.2 cm³/mol. The molecule has 1 aliphatic rings. The second kappa shape index (κ2) is 8.43. The number of nitrogens with one attached hydrogen (secondary N) is 1. The number of nitro benzene ring substituents is 1. The van der Waals surface area contributed by atoms with Gasteiger partial charge in [0.1, 0.15) is 5.69 Å². The van der Waals surface area contributed by atoms with Crippen molar-refractivity contribution in [1.82, 2.24) is 4.90 Å². The van der Waals surface area contributed by atoms with Crippen LogP contribution in [-0.2, 0) is 19.6 Å². The number of sulfonamides is 1. The number of nitrogens with zero attached hydrogens (tertiary/aromatic N) is 2. The first kappa shape index (κ1) is 20.1. The van der Waals surface area contributed by atoms with E-state index in [1.807, 2.05) is 0 Å². The van der Waals surface area contributed by atoms with Crippen molar-refractivity contribution in [3.05, 3.63) is 28.3 Å². The molecular weight excluding hydrogens is 364 g/mol. The highest BCUT2D eigenvalue weighted by Gasteiger charge is 2.22. The summed E-state index contributed by atoms with van der Waals surface area (Å²) in [6.07, 6.45) is 1.30. The number of hydrogen-bond donors (Lipinski definition) is 2. The molecule has 1 fully saturated rings. The van der Waals surface area contributed by atoms with Gasteiger partial charge in [-0.15, -0.1) is 0 Å². The highest BCUT2D eigenvalue weighted by atomic mass is 32.2. The molecule has 144 valence electrons. The van der Waals surface area contributed by atoms with E-state index in [2.05, 4.69) is 5.32 Å². The van der Waals surface area contributed by atoms with Crippen LogP contribution in [0.3, 0.4) is 0 Å². The Kier molecular flexibility index (Phi) is 6.51. The zero-order valence-electron chi connectivity index (χ0n) is 14.4. The minimum absolute atomic E-state index is 0.0157. The molecular formula is C15H22N4O6S. The van der Waals surface area contributed by atoms with E-state index in [1.54, 1.807) is 4.90 Å². The third kappa shape index (κ3) is 5.38. The van der Waals surface area contributed by atoms with E-state index in [4.69, 9.17) is 9.88 Å². The molecule has 1 atom stereocenters. The lowest BCUT2D eigenvalue weighted by Gasteiger charge is -2.32. The maximum absolute atomic E-state index is 11.4. The minimum Gasteiger partial charge on any atom is -0.379 e. The molecule has 2 rings (SSSR count). The number of rotatable bonds is 7. The van der Waals surface area contributed by atoms with Crippen molar-refractivity contribution >= 4 is 27.3 Å². The Labute approximate surface area is 151 Å². The van der Waals surface area contributed by atoms with Crippen LogP contribution in [0, 0.1) is 10.1 Å². The SMILES string of the molecule is CC(=O)N1CCOC(CCCNc2ccc(S(N)(=O)=O)cc2[N+](=O)[O-])C1. The number of carbonyl (C=O) groups is 1. The number of nitrogens with two attached hydrogens (primary N) is 1. The number of nitro groups is 1. The first-order valence-electron chi connectivity index (χ1n) is 8.10. The van der Waals surface area contributed by atoms with Gasteiger partial charge in [-0.1, -0.05) is 0 Å². The van der Waals surface area contributed by atoms with Crippen LogP contribution in [-0.4, -0.2) is 56.5 Å². The number of primary sulfonamides is 1. The Morgan fingerprint density at radius 2 is 2.23 bits per heavy atom. The smallest absolute Gasteiger partial charge is 0.293 e. The van der Waals surface area contributed by atoms with Crippen molar-refractivity contribution < 1.29 is 22.9 Å². The van der Waals surface area contributed by atoms with Gasteiger partial charge in [0.25, 0.3) is 5.69 Å². The van der Waals surface area contributed by atoms with Crippen LogP contribution >= 0.6 is 0 Å². The van der Waals surface area contributed by atoms with Gasteiger partial charge in [0.05, 0.1) is 22.5 Å². The number of carbonyl (C=O) groups excluding carboxylic acids is 1. The van der Waals surface area contributed by atoms with E-state index in [-0.39, 0.29) is 28.3 Å². The van der Waals surface area contributed by atoms with Gasteiger partial charge >= 0.3 is 0 Å². The van der Waals surface area contributed by atoms with Crippen molar-refractivity contribution in [1.29, 1.82) is 0 Å². The van der Waals surface area contributed by atoms with Gasteiger partial charge in [-0.05, 0) is 25.0 Å². The van der Waals surface area contributed by atoms with Crippen LogP contribution in [0.4, 0.5) is 11.4 Å². The first-order valence-corrected chi connectivity index (χ1v) is 9.65. The van der Waals surface area contributed by atoms with Gasteiger partial charge < -0.3 is 15.0 Å². The topological polar surface area (TPSA) is 145 Å². The minimum atomic E-state index is -4.01. The van der Waals surface area contributed by atoms with E-state index in [0.717, 1.165) is 6.07 Å². The van der Waals surface area contributed by atoms with E-state index < -0.39 is 14.9 Å². The number of anilines is 1. The average Bonchev–Trinajstić information content (AvgIpc) is 2.58. The fourth-order valence-electron chi connectivity index (χ4n) is 2.72. The summed E-state index contributed by atoms with van der Waals surface area (Å²) in [5.74, 6) is 0.0157. The fourth-order valence-corrected chi connectivity index (χ4v) is 3.26. The molecule has 0 saturated carbocycles. The summed E-state index contributed by atoms with van der Waals surface area (Å²) >= 11 is 0. The number of morpholine rings is 1. The van der Waals surface area contributed by atoms with Gasteiger partial charge in [0.15, 0.2) is 0 Å². The molecule has 1 heterocycles. The molecule has 0 bridgehead atoms. The van der Waals surface area contributed by atoms with Gasteiger partial charge in [-0.3, -0.25) is 14.9 Å². The lowest BCUT2D eigenvalue weighted by atomic mass is 10.1. The van der Waals surface area contributed by atoms with E-state index in [0.29, 0.717) is 39.1 Å². The molecule has 11 heteroatoms. The molecule has 10 nitrogen and oxygen atoms in total. The Morgan fingerprint density at radius 1 is 1.50 bits per heavy atom. The highest BCUT2D eigenvalue weighted by molar-refractivity contribution is 7.89. The Hall–Kier alpha value is -2.24. The van der Waals surface area contributed by atoms with Crippen molar-refractivity contribution in [2.75, 3.05) is 31.6 Å². The molecule has 0 spiro atoms. The Bertz CT molecular complexity index is 782. The normalized spacial score (nSPS) is 17.8. The fraction of sp³-hybridized carbons (Fsp3) is 0.533. The summed E-state index contributed by atoms with van der Waals surface area (Å²) in [7, 11) is -4.01. The van der Waals surface area contributed by atoms with Crippen molar-refractivity contribution in [3.8, 4) is 0 Å². The lowest BCUT2D eigenvalue weighted by molar-refractivity contribution is -0.384. The summed E-state index contributed by atoms with van der Waals surface area (Å²) in [5.41, 5.74) is -0.134. The van der Waals surface area contributed by atoms with Gasteiger partial charge in [0, 0.05) is 32.6 Å². The number of hydrogen-bond acceptors (Lipinski definition) is 7. The van der Waals surface area contributed by atoms with Crippen molar-refractivity contribution in [2.24, 2.45) is 5.14 Å². The van der Waals surface area contributed by atoms with Crippen LogP contribution in [0.5, 0.6) is 0 Å². The summed E-state index contributed by atoms with van der Waals surface area (Å²) in [6, 6.07) is 3.48. The van der Waals surface area contributed by atoms with Crippen molar-refractivity contribution in [2.45, 2.75) is 30.8 Å². The Balaban J connectivity index is 1.91. The molecule has 3 N–H and O–H groups in total. The largest absolute Gasteiger partial charge is 0.379 e. The zero-order chi connectivity index (χ0) is 19.3. The zero-order valence-corrected chi connectivity index (χ0v) is 15.2. The van der Waals surface area contributed by atoms with Crippen LogP contribution in [0.1, 0.15) is 19.8 Å². The molecule has 26 heavy (non-hydrogen) atoms. The first-order chi connectivity index (χ1) is 12.2. The summed E-state index contributed by atoms with van der Waals surface area (Å²) in [6.45, 7) is 3.59. The molecule has 1 aromatic carbocycles. The quantitative estimate of drug-likeness (QED) is 0.398. The standard InChI is InChI=1S/C15H22N4O6S/c1-11(20)18-7-8-25-12(10-18)3-2-6-17-14-5-4-13(26(16,23)24)9-15(14)19(21)22/h4-5,9,12,17H,2-3,6-8,10H2,1H3,(H2,16,23,24). The molecule has 0 aliphatic carbocycles. The van der Waals surface area contributed by atoms with Gasteiger partial charge in [-0.2, -0.15) is 0 Å². The van der Waals surface area contributed by atoms with E-state index >= 15 is 0 Å². The van der Waals surface area contributed by atoms with E-state index in [9.17, 15) is 23.3 Å². The number of ether oxygens (including phenoxy) is 1. The monoisotopic (exact) mass is 386 g/mol. The van der Waals surface area contributed by atoms with Crippen LogP contribution < -0.4 is 10.5 Å². The number of benzene rings is 1. The van der Waals surface area contributed by atoms with Crippen LogP contribution in [0.2, 0.25) is 0 Å². The van der Waals surface area contributed by atoms with Crippen LogP contribution in [0.25, 0.3) is 0 Å². The maximum Gasteiger partial charge on any atom is 0.293 e. The molecule has 0 aromatic heterocycles. The van der Waals surface area contributed by atoms with Crippen molar-refractivity contribution in [3.63, 3.8) is 0 Å². The summed E-state index contributed by atoms with van der Waals surface area (Å²) in [5, 5.41) is 19.1. The second-order valence-electron chi connectivity index (χ2n) is 6.01. The molecule has 1 aliphatic heterocycles. The lowest BCUT2D eigenvalue weighted by Crippen LogP contribution is -2.44.